The molecule has 3 N–H and O–H groups in total. The molecule has 5 nitrogen and oxygen atoms in total. The van der Waals surface area contributed by atoms with Gasteiger partial charge in [-0.3, -0.25) is 9.89 Å². The zero-order valence-corrected chi connectivity index (χ0v) is 15.2. The van der Waals surface area contributed by atoms with Crippen molar-refractivity contribution < 1.29 is 5.11 Å². The monoisotopic (exact) mass is 328 g/mol. The van der Waals surface area contributed by atoms with Crippen molar-refractivity contribution in [1.29, 1.82) is 0 Å². The number of aliphatic imine (C=N–C) groups is 1. The van der Waals surface area contributed by atoms with E-state index in [0.29, 0.717) is 24.5 Å². The smallest absolute Gasteiger partial charge is 0.191 e. The highest BCUT2D eigenvalue weighted by Gasteiger charge is 2.33. The van der Waals surface area contributed by atoms with Gasteiger partial charge in [0.2, 0.25) is 0 Å². The Morgan fingerprint density at radius 2 is 2.23 bits per heavy atom. The minimum absolute atomic E-state index is 0.424. The lowest BCUT2D eigenvalue weighted by Crippen LogP contribution is -2.47. The van der Waals surface area contributed by atoms with Crippen LogP contribution in [0, 0.1) is 5.92 Å². The molecule has 0 amide bonds. The van der Waals surface area contributed by atoms with Crippen LogP contribution in [0.4, 0.5) is 0 Å². The lowest BCUT2D eigenvalue weighted by atomic mass is 10.0. The average Bonchev–Trinajstić information content (AvgIpc) is 3.04. The number of thioether (sulfide) groups is 1. The van der Waals surface area contributed by atoms with Crippen molar-refractivity contribution >= 4 is 17.7 Å². The Morgan fingerprint density at radius 1 is 1.45 bits per heavy atom. The molecule has 2 aliphatic heterocycles. The topological polar surface area (TPSA) is 59.9 Å². The third-order valence-electron chi connectivity index (χ3n) is 4.65. The third-order valence-corrected chi connectivity index (χ3v) is 5.89. The second-order valence-corrected chi connectivity index (χ2v) is 8.10. The van der Waals surface area contributed by atoms with Crippen LogP contribution in [-0.2, 0) is 0 Å². The second-order valence-electron chi connectivity index (χ2n) is 7.00. The van der Waals surface area contributed by atoms with Gasteiger partial charge >= 0.3 is 0 Å². The third kappa shape index (κ3) is 4.77. The van der Waals surface area contributed by atoms with Crippen molar-refractivity contribution in [2.75, 3.05) is 37.7 Å². The van der Waals surface area contributed by atoms with E-state index in [-0.39, 0.29) is 0 Å². The van der Waals surface area contributed by atoms with Crippen LogP contribution in [0.25, 0.3) is 0 Å². The van der Waals surface area contributed by atoms with Gasteiger partial charge in [0.1, 0.15) is 0 Å². The van der Waals surface area contributed by atoms with E-state index in [1.807, 2.05) is 11.8 Å². The van der Waals surface area contributed by atoms with Crippen molar-refractivity contribution in [3.8, 4) is 0 Å². The summed E-state index contributed by atoms with van der Waals surface area (Å²) < 4.78 is 0. The first kappa shape index (κ1) is 17.9. The molecule has 0 aromatic rings. The fourth-order valence-electron chi connectivity index (χ4n) is 3.06. The molecular weight excluding hydrogens is 296 g/mol. The van der Waals surface area contributed by atoms with Gasteiger partial charge in [0.25, 0.3) is 0 Å². The van der Waals surface area contributed by atoms with Gasteiger partial charge in [-0.1, -0.05) is 6.92 Å². The quantitative estimate of drug-likeness (QED) is 0.522. The molecule has 0 saturated carbocycles. The van der Waals surface area contributed by atoms with Crippen LogP contribution in [0.15, 0.2) is 4.99 Å². The Kier molecular flexibility index (Phi) is 6.41. The predicted octanol–water partition coefficient (Wildman–Crippen LogP) is 1.14. The summed E-state index contributed by atoms with van der Waals surface area (Å²) in [5.41, 5.74) is -0.613. The Bertz CT molecular complexity index is 382. The van der Waals surface area contributed by atoms with E-state index in [0.717, 1.165) is 43.5 Å². The second kappa shape index (κ2) is 7.88. The number of nitrogens with one attached hydrogen (secondary N) is 2. The zero-order chi connectivity index (χ0) is 16.2. The number of aliphatic hydroxyl groups is 1. The summed E-state index contributed by atoms with van der Waals surface area (Å²) in [6.07, 6.45) is 0.849. The van der Waals surface area contributed by atoms with E-state index in [1.54, 1.807) is 0 Å². The summed E-state index contributed by atoms with van der Waals surface area (Å²) in [5, 5.41) is 17.3. The van der Waals surface area contributed by atoms with Crippen LogP contribution in [0.3, 0.4) is 0 Å². The van der Waals surface area contributed by atoms with Crippen LogP contribution in [0.2, 0.25) is 0 Å². The van der Waals surface area contributed by atoms with Crippen molar-refractivity contribution in [1.82, 2.24) is 15.5 Å². The minimum atomic E-state index is -0.613. The Hall–Kier alpha value is -0.460. The van der Waals surface area contributed by atoms with Gasteiger partial charge in [-0.2, -0.15) is 11.8 Å². The molecule has 2 heterocycles. The maximum Gasteiger partial charge on any atom is 0.191 e. The summed E-state index contributed by atoms with van der Waals surface area (Å²) in [7, 11) is 0. The molecule has 2 aliphatic rings. The molecule has 0 aromatic carbocycles. The summed E-state index contributed by atoms with van der Waals surface area (Å²) in [6, 6.07) is 1.01. The molecular formula is C16H32N4OS. The maximum absolute atomic E-state index is 10.4. The Labute approximate surface area is 139 Å². The summed E-state index contributed by atoms with van der Waals surface area (Å²) >= 11 is 1.82. The Balaban J connectivity index is 1.93. The fourth-order valence-corrected chi connectivity index (χ4v) is 4.34. The summed E-state index contributed by atoms with van der Waals surface area (Å²) in [4.78, 5) is 7.15. The molecule has 3 atom stereocenters. The van der Waals surface area contributed by atoms with Gasteiger partial charge in [0.15, 0.2) is 5.96 Å². The van der Waals surface area contributed by atoms with Gasteiger partial charge in [0.05, 0.1) is 12.1 Å². The average molecular weight is 329 g/mol. The van der Waals surface area contributed by atoms with Crippen LogP contribution in [-0.4, -0.2) is 71.3 Å². The van der Waals surface area contributed by atoms with Crippen LogP contribution < -0.4 is 10.6 Å². The normalized spacial score (nSPS) is 33.6. The lowest BCUT2D eigenvalue weighted by molar-refractivity contribution is 0.0778. The first-order valence-electron chi connectivity index (χ1n) is 8.52. The Morgan fingerprint density at radius 3 is 2.77 bits per heavy atom. The summed E-state index contributed by atoms with van der Waals surface area (Å²) in [6.45, 7) is 12.4. The molecule has 22 heavy (non-hydrogen) atoms. The minimum Gasteiger partial charge on any atom is -0.387 e. The van der Waals surface area contributed by atoms with Gasteiger partial charge in [-0.15, -0.1) is 0 Å². The lowest BCUT2D eigenvalue weighted by Gasteiger charge is -2.23. The van der Waals surface area contributed by atoms with Crippen molar-refractivity contribution in [3.63, 3.8) is 0 Å². The van der Waals surface area contributed by atoms with Crippen molar-refractivity contribution in [2.45, 2.75) is 51.8 Å². The largest absolute Gasteiger partial charge is 0.387 e. The molecule has 0 spiro atoms. The predicted molar refractivity (Wildman–Crippen MR) is 95.7 cm³/mol. The van der Waals surface area contributed by atoms with E-state index in [4.69, 9.17) is 0 Å². The number of nitrogens with zero attached hydrogens (tertiary/aromatic N) is 2. The highest BCUT2D eigenvalue weighted by atomic mass is 32.2. The molecule has 2 fully saturated rings. The first-order valence-corrected chi connectivity index (χ1v) is 9.68. The molecule has 2 saturated heterocycles. The summed E-state index contributed by atoms with van der Waals surface area (Å²) in [5.74, 6) is 3.29. The number of hydrogen-bond acceptors (Lipinski definition) is 4. The van der Waals surface area contributed by atoms with Crippen molar-refractivity contribution in [3.05, 3.63) is 0 Å². The van der Waals surface area contributed by atoms with Gasteiger partial charge in [0, 0.05) is 37.5 Å². The molecule has 0 aliphatic carbocycles. The van der Waals surface area contributed by atoms with Crippen LogP contribution in [0.1, 0.15) is 34.1 Å². The molecule has 6 heteroatoms. The molecule has 3 unspecified atom stereocenters. The fraction of sp³-hybridized carbons (Fsp3) is 0.938. The zero-order valence-electron chi connectivity index (χ0n) is 14.4. The van der Waals surface area contributed by atoms with Gasteiger partial charge in [-0.25, -0.2) is 0 Å². The van der Waals surface area contributed by atoms with E-state index in [2.05, 4.69) is 48.2 Å². The molecule has 0 aromatic heterocycles. The molecule has 2 rings (SSSR count). The van der Waals surface area contributed by atoms with Gasteiger partial charge in [-0.05, 0) is 38.9 Å². The number of guanidine groups is 1. The number of likely N-dealkylation sites (tertiary alicyclic amines) is 1. The van der Waals surface area contributed by atoms with Crippen LogP contribution in [0.5, 0.6) is 0 Å². The first-order chi connectivity index (χ1) is 10.4. The van der Waals surface area contributed by atoms with E-state index in [9.17, 15) is 5.11 Å². The van der Waals surface area contributed by atoms with Crippen molar-refractivity contribution in [2.24, 2.45) is 10.9 Å². The SMILES string of the molecule is CCNC(=NCC1(O)CCSC1)NC1CN(C(C)C)CC1C. The highest BCUT2D eigenvalue weighted by molar-refractivity contribution is 7.99. The maximum atomic E-state index is 10.4. The van der Waals surface area contributed by atoms with E-state index >= 15 is 0 Å². The van der Waals surface area contributed by atoms with E-state index in [1.165, 1.54) is 0 Å². The molecule has 0 radical (unpaired) electrons. The molecule has 0 bridgehead atoms. The van der Waals surface area contributed by atoms with Gasteiger partial charge < -0.3 is 15.7 Å². The highest BCUT2D eigenvalue weighted by Crippen LogP contribution is 2.27. The van der Waals surface area contributed by atoms with E-state index < -0.39 is 5.60 Å². The number of hydrogen-bond donors (Lipinski definition) is 3. The molecule has 128 valence electrons. The van der Waals surface area contributed by atoms with Crippen LogP contribution >= 0.6 is 11.8 Å². The number of rotatable bonds is 5. The standard InChI is InChI=1S/C16H32N4OS/c1-5-17-15(18-10-16(21)6-7-22-11-16)19-14-9-20(12(2)3)8-13(14)4/h12-14,21H,5-11H2,1-4H3,(H2,17,18,19).